The van der Waals surface area contributed by atoms with Crippen molar-refractivity contribution in [3.63, 3.8) is 0 Å². The molecule has 1 unspecified atom stereocenters. The van der Waals surface area contributed by atoms with E-state index in [1.165, 1.54) is 17.4 Å². The summed E-state index contributed by atoms with van der Waals surface area (Å²) in [4.78, 5) is 16.3. The summed E-state index contributed by atoms with van der Waals surface area (Å²) in [7, 11) is 0. The lowest BCUT2D eigenvalue weighted by Crippen LogP contribution is -2.30. The second kappa shape index (κ2) is 8.16. The van der Waals surface area contributed by atoms with Gasteiger partial charge in [-0.2, -0.15) is 0 Å². The number of nitrogens with zero attached hydrogens (tertiary/aromatic N) is 1. The molecule has 4 nitrogen and oxygen atoms in total. The van der Waals surface area contributed by atoms with E-state index in [0.29, 0.717) is 16.4 Å². The van der Waals surface area contributed by atoms with Gasteiger partial charge in [0.05, 0.1) is 12.2 Å². The van der Waals surface area contributed by atoms with Gasteiger partial charge >= 0.3 is 0 Å². The Kier molecular flexibility index (Phi) is 5.70. The first-order valence-electron chi connectivity index (χ1n) is 8.02. The van der Waals surface area contributed by atoms with Crippen molar-refractivity contribution < 1.29 is 13.6 Å². The summed E-state index contributed by atoms with van der Waals surface area (Å²) in [5.74, 6) is -2.06. The Morgan fingerprint density at radius 2 is 1.92 bits per heavy atom. The topological polar surface area (TPSA) is 54.0 Å². The van der Waals surface area contributed by atoms with Crippen LogP contribution in [-0.4, -0.2) is 17.4 Å². The van der Waals surface area contributed by atoms with Crippen LogP contribution in [0.15, 0.2) is 53.9 Å². The number of thiazole rings is 1. The van der Waals surface area contributed by atoms with E-state index in [-0.39, 0.29) is 18.5 Å². The van der Waals surface area contributed by atoms with Crippen molar-refractivity contribution >= 4 is 22.4 Å². The van der Waals surface area contributed by atoms with Crippen molar-refractivity contribution in [3.05, 3.63) is 71.1 Å². The minimum atomic E-state index is -0.930. The maximum Gasteiger partial charge on any atom is 0.240 e. The smallest absolute Gasteiger partial charge is 0.240 e. The SMILES string of the molecule is CC(NCC(=O)Nc1nc(-c2ccc(F)c(F)c2)cs1)c1ccccc1. The molecule has 3 aromatic rings. The Morgan fingerprint density at radius 3 is 2.65 bits per heavy atom. The zero-order chi connectivity index (χ0) is 18.5. The fourth-order valence-electron chi connectivity index (χ4n) is 2.39. The molecular formula is C19H17F2N3OS. The van der Waals surface area contributed by atoms with Gasteiger partial charge in [-0.05, 0) is 30.7 Å². The number of carbonyl (C=O) groups excluding carboxylic acids is 1. The number of anilines is 1. The summed E-state index contributed by atoms with van der Waals surface area (Å²) >= 11 is 1.23. The summed E-state index contributed by atoms with van der Waals surface area (Å²) in [5.41, 5.74) is 2.03. The van der Waals surface area contributed by atoms with Gasteiger partial charge in [-0.3, -0.25) is 4.79 Å². The summed E-state index contributed by atoms with van der Waals surface area (Å²) < 4.78 is 26.3. The van der Waals surface area contributed by atoms with Crippen LogP contribution in [0.25, 0.3) is 11.3 Å². The first-order valence-corrected chi connectivity index (χ1v) is 8.90. The minimum Gasteiger partial charge on any atom is -0.302 e. The van der Waals surface area contributed by atoms with Crippen molar-refractivity contribution in [2.24, 2.45) is 0 Å². The van der Waals surface area contributed by atoms with Gasteiger partial charge in [-0.25, -0.2) is 13.8 Å². The van der Waals surface area contributed by atoms with Crippen LogP contribution in [0, 0.1) is 11.6 Å². The molecule has 0 aliphatic carbocycles. The monoisotopic (exact) mass is 373 g/mol. The van der Waals surface area contributed by atoms with E-state index in [1.807, 2.05) is 37.3 Å². The molecule has 0 saturated carbocycles. The molecule has 1 amide bonds. The molecule has 0 bridgehead atoms. The van der Waals surface area contributed by atoms with Crippen LogP contribution in [0.4, 0.5) is 13.9 Å². The third-order valence-corrected chi connectivity index (χ3v) is 4.59. The van der Waals surface area contributed by atoms with Gasteiger partial charge in [-0.15, -0.1) is 11.3 Å². The van der Waals surface area contributed by atoms with Gasteiger partial charge in [0.2, 0.25) is 5.91 Å². The normalized spacial score (nSPS) is 12.0. The number of amides is 1. The molecule has 0 radical (unpaired) electrons. The molecule has 1 heterocycles. The van der Waals surface area contributed by atoms with Gasteiger partial charge in [0.25, 0.3) is 0 Å². The summed E-state index contributed by atoms with van der Waals surface area (Å²) in [6.45, 7) is 2.11. The van der Waals surface area contributed by atoms with Crippen LogP contribution < -0.4 is 10.6 Å². The Bertz CT molecular complexity index is 899. The predicted octanol–water partition coefficient (Wildman–Crippen LogP) is 4.38. The maximum absolute atomic E-state index is 13.3. The average Bonchev–Trinajstić information content (AvgIpc) is 3.11. The van der Waals surface area contributed by atoms with Crippen molar-refractivity contribution in [2.45, 2.75) is 13.0 Å². The third kappa shape index (κ3) is 4.50. The Morgan fingerprint density at radius 1 is 1.15 bits per heavy atom. The molecule has 26 heavy (non-hydrogen) atoms. The fourth-order valence-corrected chi connectivity index (χ4v) is 3.12. The standard InChI is InChI=1S/C19H17F2N3OS/c1-12(13-5-3-2-4-6-13)22-10-18(25)24-19-23-17(11-26-19)14-7-8-15(20)16(21)9-14/h2-9,11-12,22H,10H2,1H3,(H,23,24,25). The molecule has 0 aliphatic rings. The Balaban J connectivity index is 1.57. The lowest BCUT2D eigenvalue weighted by Gasteiger charge is -2.13. The number of benzene rings is 2. The molecule has 0 saturated heterocycles. The van der Waals surface area contributed by atoms with Crippen molar-refractivity contribution in [2.75, 3.05) is 11.9 Å². The van der Waals surface area contributed by atoms with E-state index in [4.69, 9.17) is 0 Å². The number of aromatic nitrogens is 1. The zero-order valence-corrected chi connectivity index (χ0v) is 14.8. The molecule has 0 spiro atoms. The van der Waals surface area contributed by atoms with E-state index in [9.17, 15) is 13.6 Å². The molecule has 3 rings (SSSR count). The summed E-state index contributed by atoms with van der Waals surface area (Å²) in [6.07, 6.45) is 0. The number of carbonyl (C=O) groups is 1. The molecule has 7 heteroatoms. The van der Waals surface area contributed by atoms with Crippen LogP contribution >= 0.6 is 11.3 Å². The second-order valence-electron chi connectivity index (χ2n) is 5.73. The number of nitrogens with one attached hydrogen (secondary N) is 2. The molecular weight excluding hydrogens is 356 g/mol. The van der Waals surface area contributed by atoms with Gasteiger partial charge in [-0.1, -0.05) is 30.3 Å². The number of hydrogen-bond donors (Lipinski definition) is 2. The minimum absolute atomic E-state index is 0.0380. The van der Waals surface area contributed by atoms with Crippen LogP contribution in [0.5, 0.6) is 0 Å². The number of halogens is 2. The molecule has 0 fully saturated rings. The van der Waals surface area contributed by atoms with Crippen LogP contribution in [0.3, 0.4) is 0 Å². The summed E-state index contributed by atoms with van der Waals surface area (Å²) in [6, 6.07) is 13.4. The van der Waals surface area contributed by atoms with Crippen LogP contribution in [-0.2, 0) is 4.79 Å². The van der Waals surface area contributed by atoms with Gasteiger partial charge in [0.1, 0.15) is 0 Å². The van der Waals surface area contributed by atoms with Crippen molar-refractivity contribution in [1.29, 1.82) is 0 Å². The maximum atomic E-state index is 13.3. The number of rotatable bonds is 6. The molecule has 2 aromatic carbocycles. The quantitative estimate of drug-likeness (QED) is 0.674. The lowest BCUT2D eigenvalue weighted by molar-refractivity contribution is -0.115. The van der Waals surface area contributed by atoms with Gasteiger partial charge in [0.15, 0.2) is 16.8 Å². The van der Waals surface area contributed by atoms with E-state index in [2.05, 4.69) is 15.6 Å². The number of hydrogen-bond acceptors (Lipinski definition) is 4. The first kappa shape index (κ1) is 18.2. The van der Waals surface area contributed by atoms with Crippen LogP contribution in [0.2, 0.25) is 0 Å². The Labute approximate surface area is 153 Å². The third-order valence-electron chi connectivity index (χ3n) is 3.83. The highest BCUT2D eigenvalue weighted by molar-refractivity contribution is 7.14. The van der Waals surface area contributed by atoms with E-state index in [0.717, 1.165) is 17.7 Å². The Hall–Kier alpha value is -2.64. The molecule has 1 aromatic heterocycles. The highest BCUT2D eigenvalue weighted by Crippen LogP contribution is 2.26. The van der Waals surface area contributed by atoms with E-state index in [1.54, 1.807) is 5.38 Å². The highest BCUT2D eigenvalue weighted by Gasteiger charge is 2.11. The fraction of sp³-hybridized carbons (Fsp3) is 0.158. The largest absolute Gasteiger partial charge is 0.302 e. The highest BCUT2D eigenvalue weighted by atomic mass is 32.1. The molecule has 134 valence electrons. The lowest BCUT2D eigenvalue weighted by atomic mass is 10.1. The van der Waals surface area contributed by atoms with Crippen molar-refractivity contribution in [1.82, 2.24) is 10.3 Å². The summed E-state index contributed by atoms with van der Waals surface area (Å²) in [5, 5.41) is 7.94. The molecule has 1 atom stereocenters. The van der Waals surface area contributed by atoms with Gasteiger partial charge < -0.3 is 10.6 Å². The van der Waals surface area contributed by atoms with E-state index < -0.39 is 11.6 Å². The van der Waals surface area contributed by atoms with Crippen LogP contribution in [0.1, 0.15) is 18.5 Å². The molecule has 2 N–H and O–H groups in total. The second-order valence-corrected chi connectivity index (χ2v) is 6.59. The van der Waals surface area contributed by atoms with Gasteiger partial charge in [0, 0.05) is 17.0 Å². The average molecular weight is 373 g/mol. The first-order chi connectivity index (χ1) is 12.5. The predicted molar refractivity (Wildman–Crippen MR) is 99.0 cm³/mol. The zero-order valence-electron chi connectivity index (χ0n) is 14.0. The van der Waals surface area contributed by atoms with E-state index >= 15 is 0 Å². The molecule has 0 aliphatic heterocycles. The van der Waals surface area contributed by atoms with Crippen molar-refractivity contribution in [3.8, 4) is 11.3 Å².